The van der Waals surface area contributed by atoms with E-state index in [9.17, 15) is 36.2 Å². The molecule has 0 aromatic carbocycles. The molecule has 0 bridgehead atoms. The van der Waals surface area contributed by atoms with Crippen molar-refractivity contribution < 1.29 is 83.7 Å². The van der Waals surface area contributed by atoms with Gasteiger partial charge in [-0.25, -0.2) is 0 Å². The second-order valence-electron chi connectivity index (χ2n) is 5.45. The quantitative estimate of drug-likeness (QED) is 0.0660. The van der Waals surface area contributed by atoms with E-state index in [0.717, 1.165) is 0 Å². The molecule has 4 nitrogen and oxygen atoms in total. The first-order chi connectivity index (χ1) is 10.0. The van der Waals surface area contributed by atoms with Crippen LogP contribution in [0.5, 0.6) is 0 Å². The minimum atomic E-state index is -6.06. The van der Waals surface area contributed by atoms with Gasteiger partial charge in [0.25, 0.3) is 0 Å². The number of hydrogen-bond acceptors (Lipinski definition) is 4. The Morgan fingerprint density at radius 3 is 1.78 bits per heavy atom. The standard InChI is InChI=1S/C11H15F6I2NO3/c1-7(2,9(22,10(12,13)14)11(15,16)17)23-6(21)8(3,18-4)5-19-20-5/h5,20,22H,1-4H3/q-2. The summed E-state index contributed by atoms with van der Waals surface area (Å²) < 4.78 is 83.8. The van der Waals surface area contributed by atoms with Crippen LogP contribution in [0.15, 0.2) is 0 Å². The third-order valence-electron chi connectivity index (χ3n) is 3.53. The van der Waals surface area contributed by atoms with Crippen LogP contribution >= 0.6 is 0 Å². The van der Waals surface area contributed by atoms with Gasteiger partial charge in [-0.05, 0) is 0 Å². The first-order valence-corrected chi connectivity index (χ1v) is 11.6. The van der Waals surface area contributed by atoms with Gasteiger partial charge in [0.2, 0.25) is 0 Å². The van der Waals surface area contributed by atoms with Crippen LogP contribution in [-0.4, -0.2) is 47.0 Å². The molecule has 0 aromatic heterocycles. The fraction of sp³-hybridized carbons (Fsp3) is 0.909. The monoisotopic (exact) mass is 577 g/mol. The van der Waals surface area contributed by atoms with Gasteiger partial charge in [0, 0.05) is 0 Å². The Hall–Kier alpha value is 0.430. The number of ether oxygens (including phenoxy) is 1. The number of halogens is 8. The molecule has 1 heterocycles. The Morgan fingerprint density at radius 2 is 1.52 bits per heavy atom. The first-order valence-electron chi connectivity index (χ1n) is 6.02. The summed E-state index contributed by atoms with van der Waals surface area (Å²) in [6, 6.07) is 0. The predicted molar refractivity (Wildman–Crippen MR) is 58.5 cm³/mol. The summed E-state index contributed by atoms with van der Waals surface area (Å²) in [5.41, 5.74) is -8.39. The van der Waals surface area contributed by atoms with E-state index in [2.05, 4.69) is 8.27 Å². The van der Waals surface area contributed by atoms with Crippen LogP contribution in [0.1, 0.15) is 20.8 Å². The van der Waals surface area contributed by atoms with Gasteiger partial charge in [-0.3, -0.25) is 0 Å². The van der Waals surface area contributed by atoms with Crippen LogP contribution in [0.25, 0.3) is 0 Å². The predicted octanol–water partition coefficient (Wildman–Crippen LogP) is -4.43. The van der Waals surface area contributed by atoms with Crippen molar-refractivity contribution >= 4 is 5.97 Å². The van der Waals surface area contributed by atoms with E-state index in [4.69, 9.17) is 0 Å². The first kappa shape index (κ1) is 21.5. The van der Waals surface area contributed by atoms with Crippen molar-refractivity contribution in [3.8, 4) is 0 Å². The molecular weight excluding hydrogens is 562 g/mol. The van der Waals surface area contributed by atoms with Gasteiger partial charge < -0.3 is 0 Å². The fourth-order valence-corrected chi connectivity index (χ4v) is 7.62. The van der Waals surface area contributed by atoms with Crippen LogP contribution < -0.4 is 46.2 Å². The van der Waals surface area contributed by atoms with E-state index >= 15 is 0 Å². The van der Waals surface area contributed by atoms with Crippen molar-refractivity contribution in [2.75, 3.05) is 4.93 Å². The van der Waals surface area contributed by atoms with Crippen LogP contribution in [0.4, 0.5) is 26.3 Å². The van der Waals surface area contributed by atoms with Crippen molar-refractivity contribution in [2.24, 2.45) is 0 Å². The summed E-state index contributed by atoms with van der Waals surface area (Å²) in [6.45, 7) is 2.29. The van der Waals surface area contributed by atoms with Gasteiger partial charge in [0.15, 0.2) is 0 Å². The van der Waals surface area contributed by atoms with E-state index in [0.29, 0.717) is 13.8 Å². The molecule has 0 aliphatic carbocycles. The zero-order valence-corrected chi connectivity index (χ0v) is 16.7. The number of esters is 1. The molecule has 0 aromatic rings. The van der Waals surface area contributed by atoms with E-state index < -0.39 is 75.6 Å². The number of carbonyl (C=O) groups is 1. The Morgan fingerprint density at radius 1 is 1.13 bits per heavy atom. The number of nitrogens with one attached hydrogen (secondary N) is 1. The van der Waals surface area contributed by atoms with Gasteiger partial charge in [-0.1, -0.05) is 0 Å². The normalized spacial score (nSPS) is 23.0. The van der Waals surface area contributed by atoms with Gasteiger partial charge in [-0.15, -0.1) is 0 Å². The average molecular weight is 577 g/mol. The maximum absolute atomic E-state index is 12.9. The molecule has 0 saturated carbocycles. The fourth-order valence-electron chi connectivity index (χ4n) is 1.76. The molecule has 1 aliphatic heterocycles. The van der Waals surface area contributed by atoms with Gasteiger partial charge in [0.05, 0.1) is 0 Å². The molecule has 2 N–H and O–H groups in total. The molecule has 2 atom stereocenters. The van der Waals surface area contributed by atoms with Crippen molar-refractivity contribution in [1.29, 1.82) is 0 Å². The Kier molecular flexibility index (Phi) is 5.88. The number of aliphatic hydroxyl groups is 1. The molecule has 1 saturated heterocycles. The van der Waals surface area contributed by atoms with Crippen molar-refractivity contribution in [2.45, 2.75) is 51.8 Å². The zero-order valence-electron chi connectivity index (χ0n) is 12.4. The second kappa shape index (κ2) is 6.30. The third kappa shape index (κ3) is 3.68. The molecule has 23 heavy (non-hydrogen) atoms. The summed E-state index contributed by atoms with van der Waals surface area (Å²) >= 11 is -1.37. The molecular formula is C11H15F6I2NO3-2. The Balaban J connectivity index is 3.20. The SMILES string of the molecule is C[I-]C(C)(C(=O)OC(C)(C)C(O)(C(F)(F)F)C(F)(F)F)C1N[I-]1. The van der Waals surface area contributed by atoms with E-state index in [-0.39, 0.29) is 4.05 Å². The van der Waals surface area contributed by atoms with E-state index in [1.165, 1.54) is 6.92 Å². The number of carbonyl (C=O) groups excluding carboxylic acids is 1. The van der Waals surface area contributed by atoms with Crippen LogP contribution in [0.2, 0.25) is 0 Å². The molecule has 2 unspecified atom stereocenters. The maximum atomic E-state index is 12.9. The topological polar surface area (TPSA) is 68.5 Å². The zero-order chi connectivity index (χ0) is 18.5. The minimum absolute atomic E-state index is 0.229. The van der Waals surface area contributed by atoms with Crippen molar-refractivity contribution in [3.63, 3.8) is 0 Å². The number of hydrogen-bond donors (Lipinski definition) is 2. The van der Waals surface area contributed by atoms with Crippen LogP contribution in [-0.2, 0) is 9.53 Å². The Labute approximate surface area is 149 Å². The summed E-state index contributed by atoms with van der Waals surface area (Å²) in [4.78, 5) is 13.9. The van der Waals surface area contributed by atoms with Gasteiger partial charge in [-0.2, -0.15) is 0 Å². The van der Waals surface area contributed by atoms with E-state index in [1.807, 2.05) is 0 Å². The summed E-state index contributed by atoms with van der Waals surface area (Å²) in [5.74, 6) is -1.15. The van der Waals surface area contributed by atoms with Gasteiger partial charge >= 0.3 is 150 Å². The number of rotatable bonds is 5. The van der Waals surface area contributed by atoms with Crippen molar-refractivity contribution in [3.05, 3.63) is 0 Å². The summed E-state index contributed by atoms with van der Waals surface area (Å²) in [6.07, 6.45) is -12.1. The molecule has 1 fully saturated rings. The van der Waals surface area contributed by atoms with Crippen molar-refractivity contribution in [1.82, 2.24) is 3.53 Å². The molecule has 12 heteroatoms. The average Bonchev–Trinajstić information content (AvgIpc) is 3.17. The Bertz CT molecular complexity index is 463. The molecule has 140 valence electrons. The van der Waals surface area contributed by atoms with Crippen LogP contribution in [0, 0.1) is 0 Å². The van der Waals surface area contributed by atoms with E-state index in [1.54, 1.807) is 4.93 Å². The third-order valence-corrected chi connectivity index (χ3v) is 10.5. The van der Waals surface area contributed by atoms with Gasteiger partial charge in [0.1, 0.15) is 0 Å². The molecule has 0 amide bonds. The molecule has 0 spiro atoms. The summed E-state index contributed by atoms with van der Waals surface area (Å²) in [7, 11) is 0. The molecule has 1 rings (SSSR count). The molecule has 1 aliphatic rings. The summed E-state index contributed by atoms with van der Waals surface area (Å²) in [5, 5.41) is 9.43. The molecule has 0 radical (unpaired) electrons. The van der Waals surface area contributed by atoms with Crippen LogP contribution in [0.3, 0.4) is 0 Å². The second-order valence-corrected chi connectivity index (χ2v) is 11.3. The number of alkyl halides is 9.